The van der Waals surface area contributed by atoms with Crippen LogP contribution in [0.2, 0.25) is 0 Å². The fourth-order valence-corrected chi connectivity index (χ4v) is 1.60. The first-order valence-corrected chi connectivity index (χ1v) is 5.45. The number of esters is 1. The standard InChI is InChI=1S/C11H13N3O4/c1-2-18-11(17)10(16)9(15)7-5-13-8-6-12-3-4-14(7)8/h3-6,9-10,15-16H,2H2,1H3. The molecule has 0 bridgehead atoms. The molecular formula is C11H13N3O4. The molecule has 0 spiro atoms. The van der Waals surface area contributed by atoms with E-state index in [1.54, 1.807) is 17.5 Å². The van der Waals surface area contributed by atoms with Crippen molar-refractivity contribution in [3.8, 4) is 0 Å². The summed E-state index contributed by atoms with van der Waals surface area (Å²) in [5.41, 5.74) is 0.815. The molecule has 18 heavy (non-hydrogen) atoms. The number of hydrogen-bond acceptors (Lipinski definition) is 6. The van der Waals surface area contributed by atoms with Crippen LogP contribution in [0.3, 0.4) is 0 Å². The lowest BCUT2D eigenvalue weighted by Crippen LogP contribution is -2.30. The van der Waals surface area contributed by atoms with Crippen LogP contribution in [0.25, 0.3) is 5.65 Å². The molecule has 0 aliphatic carbocycles. The van der Waals surface area contributed by atoms with Crippen molar-refractivity contribution in [3.63, 3.8) is 0 Å². The first-order valence-electron chi connectivity index (χ1n) is 5.45. The van der Waals surface area contributed by atoms with Gasteiger partial charge in [-0.05, 0) is 6.92 Å². The van der Waals surface area contributed by atoms with Crippen LogP contribution in [0.1, 0.15) is 18.7 Å². The Kier molecular flexibility index (Phi) is 3.54. The highest BCUT2D eigenvalue weighted by molar-refractivity contribution is 5.75. The van der Waals surface area contributed by atoms with Gasteiger partial charge in [0, 0.05) is 12.4 Å². The molecule has 7 nitrogen and oxygen atoms in total. The first kappa shape index (κ1) is 12.5. The largest absolute Gasteiger partial charge is 0.464 e. The molecule has 2 aromatic heterocycles. The Balaban J connectivity index is 2.28. The second-order valence-corrected chi connectivity index (χ2v) is 3.63. The zero-order chi connectivity index (χ0) is 13.1. The Morgan fingerprint density at radius 3 is 3.00 bits per heavy atom. The van der Waals surface area contributed by atoms with Gasteiger partial charge in [-0.1, -0.05) is 0 Å². The van der Waals surface area contributed by atoms with Gasteiger partial charge in [0.1, 0.15) is 6.10 Å². The van der Waals surface area contributed by atoms with Crippen LogP contribution in [0.5, 0.6) is 0 Å². The average Bonchev–Trinajstić information content (AvgIpc) is 2.81. The number of aromatic nitrogens is 3. The van der Waals surface area contributed by atoms with E-state index in [0.717, 1.165) is 0 Å². The van der Waals surface area contributed by atoms with Crippen molar-refractivity contribution in [1.82, 2.24) is 14.4 Å². The van der Waals surface area contributed by atoms with E-state index in [1.165, 1.54) is 18.6 Å². The van der Waals surface area contributed by atoms with Crippen molar-refractivity contribution < 1.29 is 19.7 Å². The minimum absolute atomic E-state index is 0.139. The molecule has 2 rings (SSSR count). The lowest BCUT2D eigenvalue weighted by Gasteiger charge is -2.15. The minimum Gasteiger partial charge on any atom is -0.464 e. The van der Waals surface area contributed by atoms with Crippen molar-refractivity contribution in [2.24, 2.45) is 0 Å². The van der Waals surface area contributed by atoms with Crippen molar-refractivity contribution in [2.75, 3.05) is 6.61 Å². The van der Waals surface area contributed by atoms with Crippen LogP contribution >= 0.6 is 0 Å². The summed E-state index contributed by atoms with van der Waals surface area (Å²) in [4.78, 5) is 19.2. The van der Waals surface area contributed by atoms with Gasteiger partial charge in [-0.25, -0.2) is 9.78 Å². The smallest absolute Gasteiger partial charge is 0.338 e. The fraction of sp³-hybridized carbons (Fsp3) is 0.364. The van der Waals surface area contributed by atoms with E-state index in [4.69, 9.17) is 0 Å². The molecule has 0 fully saturated rings. The predicted molar refractivity (Wildman–Crippen MR) is 60.6 cm³/mol. The summed E-state index contributed by atoms with van der Waals surface area (Å²) in [5.74, 6) is -0.867. The SMILES string of the molecule is CCOC(=O)C(O)C(O)c1cnc2cnccn12. The Bertz CT molecular complexity index is 554. The maximum Gasteiger partial charge on any atom is 0.338 e. The zero-order valence-corrected chi connectivity index (χ0v) is 9.72. The Hall–Kier alpha value is -1.99. The van der Waals surface area contributed by atoms with E-state index in [-0.39, 0.29) is 6.61 Å². The molecule has 0 saturated carbocycles. The second kappa shape index (κ2) is 5.11. The molecule has 0 saturated heterocycles. The van der Waals surface area contributed by atoms with Crippen LogP contribution in [0, 0.1) is 0 Å². The topological polar surface area (TPSA) is 97.0 Å². The van der Waals surface area contributed by atoms with Gasteiger partial charge in [0.2, 0.25) is 0 Å². The van der Waals surface area contributed by atoms with Crippen molar-refractivity contribution in [1.29, 1.82) is 0 Å². The molecule has 2 N–H and O–H groups in total. The van der Waals surface area contributed by atoms with Gasteiger partial charge in [0.05, 0.1) is 24.7 Å². The third-order valence-electron chi connectivity index (χ3n) is 2.48. The summed E-state index contributed by atoms with van der Waals surface area (Å²) in [6.45, 7) is 1.76. The second-order valence-electron chi connectivity index (χ2n) is 3.63. The van der Waals surface area contributed by atoms with E-state index < -0.39 is 18.2 Å². The molecular weight excluding hydrogens is 238 g/mol. The molecule has 0 aliphatic rings. The lowest BCUT2D eigenvalue weighted by atomic mass is 10.1. The number of aliphatic hydroxyl groups is 2. The van der Waals surface area contributed by atoms with E-state index in [1.807, 2.05) is 0 Å². The summed E-state index contributed by atoms with van der Waals surface area (Å²) in [6.07, 6.45) is 2.94. The van der Waals surface area contributed by atoms with Gasteiger partial charge in [-0.3, -0.25) is 9.38 Å². The molecule has 2 heterocycles. The molecule has 0 radical (unpaired) electrons. The van der Waals surface area contributed by atoms with Gasteiger partial charge >= 0.3 is 5.97 Å². The maximum atomic E-state index is 11.3. The number of ether oxygens (including phenoxy) is 1. The van der Waals surface area contributed by atoms with Crippen LogP contribution in [-0.2, 0) is 9.53 Å². The summed E-state index contributed by atoms with van der Waals surface area (Å²) in [5, 5.41) is 19.6. The van der Waals surface area contributed by atoms with E-state index in [9.17, 15) is 15.0 Å². The molecule has 96 valence electrons. The van der Waals surface area contributed by atoms with Gasteiger partial charge in [-0.15, -0.1) is 0 Å². The number of carbonyl (C=O) groups is 1. The van der Waals surface area contributed by atoms with Crippen LogP contribution in [0.4, 0.5) is 0 Å². The molecule has 2 atom stereocenters. The Morgan fingerprint density at radius 1 is 1.50 bits per heavy atom. The predicted octanol–water partition coefficient (Wildman–Crippen LogP) is -0.313. The van der Waals surface area contributed by atoms with E-state index >= 15 is 0 Å². The number of nitrogens with zero attached hydrogens (tertiary/aromatic N) is 3. The summed E-state index contributed by atoms with van der Waals surface area (Å²) in [7, 11) is 0. The molecule has 2 unspecified atom stereocenters. The number of aliphatic hydroxyl groups excluding tert-OH is 2. The first-order chi connectivity index (χ1) is 8.65. The van der Waals surface area contributed by atoms with Crippen molar-refractivity contribution in [2.45, 2.75) is 19.1 Å². The third-order valence-corrected chi connectivity index (χ3v) is 2.48. The highest BCUT2D eigenvalue weighted by Gasteiger charge is 2.29. The normalized spacial score (nSPS) is 14.4. The molecule has 2 aromatic rings. The van der Waals surface area contributed by atoms with Crippen molar-refractivity contribution >= 4 is 11.6 Å². The molecule has 0 aromatic carbocycles. The van der Waals surface area contributed by atoms with Gasteiger partial charge in [0.25, 0.3) is 0 Å². The number of rotatable bonds is 4. The van der Waals surface area contributed by atoms with Crippen molar-refractivity contribution in [3.05, 3.63) is 30.5 Å². The maximum absolute atomic E-state index is 11.3. The zero-order valence-electron chi connectivity index (χ0n) is 9.72. The van der Waals surface area contributed by atoms with Crippen LogP contribution in [-0.4, -0.2) is 43.3 Å². The summed E-state index contributed by atoms with van der Waals surface area (Å²) >= 11 is 0. The highest BCUT2D eigenvalue weighted by atomic mass is 16.5. The quantitative estimate of drug-likeness (QED) is 0.723. The summed E-state index contributed by atoms with van der Waals surface area (Å²) in [6, 6.07) is 0. The Labute approximate surface area is 103 Å². The molecule has 7 heteroatoms. The highest BCUT2D eigenvalue weighted by Crippen LogP contribution is 2.18. The number of carbonyl (C=O) groups excluding carboxylic acids is 1. The molecule has 0 aliphatic heterocycles. The van der Waals surface area contributed by atoms with Gasteiger partial charge < -0.3 is 14.9 Å². The van der Waals surface area contributed by atoms with Gasteiger partial charge in [0.15, 0.2) is 11.8 Å². The Morgan fingerprint density at radius 2 is 2.28 bits per heavy atom. The van der Waals surface area contributed by atoms with Gasteiger partial charge in [-0.2, -0.15) is 0 Å². The number of hydrogen-bond donors (Lipinski definition) is 2. The third kappa shape index (κ3) is 2.18. The summed E-state index contributed by atoms with van der Waals surface area (Å²) < 4.78 is 6.19. The minimum atomic E-state index is -1.64. The average molecular weight is 251 g/mol. The van der Waals surface area contributed by atoms with Crippen LogP contribution in [0.15, 0.2) is 24.8 Å². The van der Waals surface area contributed by atoms with E-state index in [0.29, 0.717) is 11.3 Å². The molecule has 0 amide bonds. The van der Waals surface area contributed by atoms with Crippen LogP contribution < -0.4 is 0 Å². The lowest BCUT2D eigenvalue weighted by molar-refractivity contribution is -0.159. The number of imidazole rings is 1. The fourth-order valence-electron chi connectivity index (χ4n) is 1.60. The number of fused-ring (bicyclic) bond motifs is 1. The van der Waals surface area contributed by atoms with E-state index in [2.05, 4.69) is 14.7 Å². The monoisotopic (exact) mass is 251 g/mol.